The first kappa shape index (κ1) is 13.4. The molecule has 0 heterocycles. The first-order valence-electron chi connectivity index (χ1n) is 6.01. The van der Waals surface area contributed by atoms with E-state index in [9.17, 15) is 18.3 Å². The van der Waals surface area contributed by atoms with Gasteiger partial charge in [-0.15, -0.1) is 0 Å². The summed E-state index contributed by atoms with van der Waals surface area (Å²) in [6.45, 7) is 0. The molecule has 0 saturated heterocycles. The maximum atomic E-state index is 12.8. The van der Waals surface area contributed by atoms with Crippen LogP contribution in [0.1, 0.15) is 36.4 Å². The highest BCUT2D eigenvalue weighted by atomic mass is 19.4. The molecule has 2 nitrogen and oxygen atoms in total. The molecule has 0 bridgehead atoms. The van der Waals surface area contributed by atoms with E-state index in [0.717, 1.165) is 25.3 Å². The van der Waals surface area contributed by atoms with Crippen molar-refractivity contribution in [3.63, 3.8) is 0 Å². The summed E-state index contributed by atoms with van der Waals surface area (Å²) in [5.74, 6) is 0.0290. The van der Waals surface area contributed by atoms with E-state index < -0.39 is 23.9 Å². The minimum atomic E-state index is -4.44. The third kappa shape index (κ3) is 2.52. The van der Waals surface area contributed by atoms with E-state index in [1.54, 1.807) is 0 Å². The van der Waals surface area contributed by atoms with Gasteiger partial charge in [-0.3, -0.25) is 0 Å². The summed E-state index contributed by atoms with van der Waals surface area (Å²) in [5, 5.41) is 9.99. The normalized spacial score (nSPS) is 20.3. The van der Waals surface area contributed by atoms with Crippen LogP contribution in [0.5, 0.6) is 0 Å². The second-order valence-corrected chi connectivity index (χ2v) is 4.79. The number of alkyl halides is 3. The van der Waals surface area contributed by atoms with E-state index in [1.165, 1.54) is 18.2 Å². The Morgan fingerprint density at radius 2 is 1.83 bits per heavy atom. The number of aliphatic hydroxyl groups is 1. The van der Waals surface area contributed by atoms with Crippen molar-refractivity contribution in [2.75, 3.05) is 0 Å². The van der Waals surface area contributed by atoms with Gasteiger partial charge in [0.1, 0.15) is 0 Å². The molecule has 0 unspecified atom stereocenters. The van der Waals surface area contributed by atoms with Crippen LogP contribution in [-0.2, 0) is 6.18 Å². The number of aliphatic hydroxyl groups excluding tert-OH is 1. The Bertz CT molecular complexity index is 415. The van der Waals surface area contributed by atoms with Crippen molar-refractivity contribution in [2.45, 2.75) is 37.6 Å². The molecular formula is C13H16F3NO. The third-order valence-corrected chi connectivity index (χ3v) is 3.63. The van der Waals surface area contributed by atoms with Gasteiger partial charge in [-0.1, -0.05) is 24.6 Å². The Labute approximate surface area is 104 Å². The highest BCUT2D eigenvalue weighted by Crippen LogP contribution is 2.38. The van der Waals surface area contributed by atoms with Gasteiger partial charge < -0.3 is 10.8 Å². The van der Waals surface area contributed by atoms with E-state index in [2.05, 4.69) is 0 Å². The fraction of sp³-hybridized carbons (Fsp3) is 0.538. The molecule has 100 valence electrons. The molecule has 1 saturated carbocycles. The molecule has 1 aliphatic rings. The maximum absolute atomic E-state index is 12.8. The van der Waals surface area contributed by atoms with Gasteiger partial charge in [-0.2, -0.15) is 13.2 Å². The lowest BCUT2D eigenvalue weighted by atomic mass is 9.77. The minimum absolute atomic E-state index is 0.0237. The number of halogens is 3. The second kappa shape index (κ2) is 4.90. The summed E-state index contributed by atoms with van der Waals surface area (Å²) in [6.07, 6.45) is -2.66. The number of benzene rings is 1. The number of nitrogens with two attached hydrogens (primary N) is 1. The Hall–Kier alpha value is -1.07. The van der Waals surface area contributed by atoms with Crippen LogP contribution in [-0.4, -0.2) is 11.2 Å². The zero-order valence-corrected chi connectivity index (χ0v) is 9.82. The van der Waals surface area contributed by atoms with E-state index in [0.29, 0.717) is 0 Å². The Balaban J connectivity index is 2.26. The first-order valence-corrected chi connectivity index (χ1v) is 6.01. The predicted molar refractivity (Wildman–Crippen MR) is 61.7 cm³/mol. The summed E-state index contributed by atoms with van der Waals surface area (Å²) < 4.78 is 38.5. The molecule has 2 atom stereocenters. The number of hydrogen-bond acceptors (Lipinski definition) is 2. The van der Waals surface area contributed by atoms with Crippen LogP contribution in [0, 0.1) is 5.92 Å². The van der Waals surface area contributed by atoms with E-state index in [4.69, 9.17) is 5.73 Å². The van der Waals surface area contributed by atoms with Gasteiger partial charge in [0.25, 0.3) is 0 Å². The molecule has 2 rings (SSSR count). The zero-order chi connectivity index (χ0) is 13.3. The van der Waals surface area contributed by atoms with Gasteiger partial charge in [0.15, 0.2) is 0 Å². The third-order valence-electron chi connectivity index (χ3n) is 3.63. The van der Waals surface area contributed by atoms with Crippen LogP contribution in [0.25, 0.3) is 0 Å². The number of rotatable bonds is 3. The summed E-state index contributed by atoms with van der Waals surface area (Å²) in [6, 6.07) is 4.21. The van der Waals surface area contributed by atoms with Crippen molar-refractivity contribution in [1.82, 2.24) is 0 Å². The van der Waals surface area contributed by atoms with Gasteiger partial charge in [0, 0.05) is 0 Å². The lowest BCUT2D eigenvalue weighted by Gasteiger charge is -2.34. The van der Waals surface area contributed by atoms with Crippen molar-refractivity contribution >= 4 is 0 Å². The van der Waals surface area contributed by atoms with Gasteiger partial charge >= 0.3 is 6.18 Å². The topological polar surface area (TPSA) is 46.2 Å². The molecule has 5 heteroatoms. The largest absolute Gasteiger partial charge is 0.416 e. The molecule has 0 amide bonds. The highest BCUT2D eigenvalue weighted by molar-refractivity contribution is 5.33. The summed E-state index contributed by atoms with van der Waals surface area (Å²) in [5.41, 5.74) is 5.02. The summed E-state index contributed by atoms with van der Waals surface area (Å²) in [7, 11) is 0. The summed E-state index contributed by atoms with van der Waals surface area (Å²) >= 11 is 0. The molecule has 18 heavy (non-hydrogen) atoms. The van der Waals surface area contributed by atoms with Crippen molar-refractivity contribution in [1.29, 1.82) is 0 Å². The average Bonchev–Trinajstić information content (AvgIpc) is 2.24. The zero-order valence-electron chi connectivity index (χ0n) is 9.82. The molecule has 0 spiro atoms. The van der Waals surface area contributed by atoms with Crippen LogP contribution in [0.2, 0.25) is 0 Å². The monoisotopic (exact) mass is 259 g/mol. The minimum Gasteiger partial charge on any atom is -0.391 e. The van der Waals surface area contributed by atoms with Gasteiger partial charge in [0.2, 0.25) is 0 Å². The summed E-state index contributed by atoms with van der Waals surface area (Å²) in [4.78, 5) is 0. The number of hydrogen-bond donors (Lipinski definition) is 2. The van der Waals surface area contributed by atoms with Crippen LogP contribution in [0.15, 0.2) is 24.3 Å². The predicted octanol–water partition coefficient (Wildman–Crippen LogP) is 2.87. The molecular weight excluding hydrogens is 243 g/mol. The van der Waals surface area contributed by atoms with E-state index in [-0.39, 0.29) is 11.5 Å². The van der Waals surface area contributed by atoms with Crippen molar-refractivity contribution in [3.05, 3.63) is 35.4 Å². The molecule has 0 aliphatic heterocycles. The molecule has 1 aromatic rings. The van der Waals surface area contributed by atoms with E-state index in [1.807, 2.05) is 0 Å². The lowest BCUT2D eigenvalue weighted by molar-refractivity contribution is -0.138. The van der Waals surface area contributed by atoms with Crippen molar-refractivity contribution in [3.8, 4) is 0 Å². The second-order valence-electron chi connectivity index (χ2n) is 4.79. The van der Waals surface area contributed by atoms with Gasteiger partial charge in [-0.25, -0.2) is 0 Å². The average molecular weight is 259 g/mol. The van der Waals surface area contributed by atoms with Crippen LogP contribution in [0.4, 0.5) is 13.2 Å². The van der Waals surface area contributed by atoms with Crippen molar-refractivity contribution in [2.24, 2.45) is 11.7 Å². The Kier molecular flexibility index (Phi) is 3.64. The van der Waals surface area contributed by atoms with Gasteiger partial charge in [-0.05, 0) is 30.4 Å². The first-order chi connectivity index (χ1) is 8.41. The Morgan fingerprint density at radius 3 is 2.33 bits per heavy atom. The Morgan fingerprint density at radius 1 is 1.22 bits per heavy atom. The molecule has 1 aromatic carbocycles. The molecule has 1 aliphatic carbocycles. The fourth-order valence-corrected chi connectivity index (χ4v) is 2.30. The SMILES string of the molecule is N[C@@H](c1ccccc1C(F)(F)F)[C@H](O)C1CCC1. The molecule has 0 aromatic heterocycles. The smallest absolute Gasteiger partial charge is 0.391 e. The van der Waals surface area contributed by atoms with Crippen LogP contribution < -0.4 is 5.73 Å². The molecule has 3 N–H and O–H groups in total. The quantitative estimate of drug-likeness (QED) is 0.876. The standard InChI is InChI=1S/C13H16F3NO/c14-13(15,16)10-7-2-1-6-9(10)11(17)12(18)8-4-3-5-8/h1-2,6-8,11-12,18H,3-5,17H2/t11-,12+/m0/s1. The van der Waals surface area contributed by atoms with Gasteiger partial charge in [0.05, 0.1) is 17.7 Å². The molecule has 1 fully saturated rings. The highest BCUT2D eigenvalue weighted by Gasteiger charge is 2.38. The fourth-order valence-electron chi connectivity index (χ4n) is 2.30. The van der Waals surface area contributed by atoms with Crippen LogP contribution >= 0.6 is 0 Å². The van der Waals surface area contributed by atoms with Crippen molar-refractivity contribution < 1.29 is 18.3 Å². The lowest BCUT2D eigenvalue weighted by Crippen LogP contribution is -2.37. The maximum Gasteiger partial charge on any atom is 0.416 e. The van der Waals surface area contributed by atoms with Crippen LogP contribution in [0.3, 0.4) is 0 Å². The molecule has 0 radical (unpaired) electrons. The van der Waals surface area contributed by atoms with E-state index >= 15 is 0 Å².